The van der Waals surface area contributed by atoms with E-state index < -0.39 is 0 Å². The largest absolute Gasteiger partial charge is 0.375 e. The van der Waals surface area contributed by atoms with Crippen LogP contribution in [0.1, 0.15) is 23.6 Å². The highest BCUT2D eigenvalue weighted by Gasteiger charge is 2.11. The summed E-state index contributed by atoms with van der Waals surface area (Å²) in [5.41, 5.74) is 8.86. The first-order valence-corrected chi connectivity index (χ1v) is 8.10. The van der Waals surface area contributed by atoms with Gasteiger partial charge in [0.05, 0.1) is 5.69 Å². The topological polar surface area (TPSA) is 77.8 Å². The number of rotatable bonds is 5. The van der Waals surface area contributed by atoms with Crippen molar-refractivity contribution in [3.63, 3.8) is 0 Å². The second kappa shape index (κ2) is 5.72. The van der Waals surface area contributed by atoms with Crippen LogP contribution in [0.5, 0.6) is 0 Å². The Bertz CT molecular complexity index is 701. The Hall–Kier alpha value is -1.73. The van der Waals surface area contributed by atoms with Crippen LogP contribution in [0, 0.1) is 6.92 Å². The van der Waals surface area contributed by atoms with Gasteiger partial charge in [0.2, 0.25) is 11.7 Å². The Morgan fingerprint density at radius 1 is 1.20 bits per heavy atom. The van der Waals surface area contributed by atoms with E-state index in [0.717, 1.165) is 30.5 Å². The van der Waals surface area contributed by atoms with Crippen molar-refractivity contribution in [3.05, 3.63) is 33.3 Å². The van der Waals surface area contributed by atoms with E-state index in [9.17, 15) is 0 Å². The quantitative estimate of drug-likeness (QED) is 0.782. The fraction of sp³-hybridized carbons (Fsp3) is 0.308. The van der Waals surface area contributed by atoms with Gasteiger partial charge < -0.3 is 10.3 Å². The van der Waals surface area contributed by atoms with Gasteiger partial charge in [-0.25, -0.2) is 4.98 Å². The van der Waals surface area contributed by atoms with E-state index >= 15 is 0 Å². The molecule has 0 fully saturated rings. The number of aromatic nitrogens is 3. The second-order valence-corrected chi connectivity index (χ2v) is 6.14. The molecule has 5 nitrogen and oxygen atoms in total. The summed E-state index contributed by atoms with van der Waals surface area (Å²) in [5, 5.41) is 10.8. The van der Waals surface area contributed by atoms with Crippen LogP contribution in [0.2, 0.25) is 0 Å². The molecule has 0 aliphatic heterocycles. The van der Waals surface area contributed by atoms with Crippen LogP contribution >= 0.6 is 22.7 Å². The van der Waals surface area contributed by atoms with Crippen LogP contribution in [-0.4, -0.2) is 15.1 Å². The van der Waals surface area contributed by atoms with Crippen LogP contribution in [0.15, 0.2) is 20.7 Å². The van der Waals surface area contributed by atoms with Gasteiger partial charge >= 0.3 is 0 Å². The van der Waals surface area contributed by atoms with Gasteiger partial charge in [-0.3, -0.25) is 0 Å². The Labute approximate surface area is 124 Å². The molecule has 3 rings (SSSR count). The van der Waals surface area contributed by atoms with Crippen molar-refractivity contribution >= 4 is 27.8 Å². The number of hydrogen-bond acceptors (Lipinski definition) is 7. The van der Waals surface area contributed by atoms with Crippen molar-refractivity contribution in [3.8, 4) is 11.4 Å². The average molecular weight is 306 g/mol. The normalized spacial score (nSPS) is 11.1. The number of nitrogens with zero attached hydrogens (tertiary/aromatic N) is 3. The van der Waals surface area contributed by atoms with E-state index in [1.54, 1.807) is 11.3 Å². The van der Waals surface area contributed by atoms with Crippen molar-refractivity contribution in [2.45, 2.75) is 26.2 Å². The summed E-state index contributed by atoms with van der Waals surface area (Å²) >= 11 is 3.12. The van der Waals surface area contributed by atoms with Crippen LogP contribution in [-0.2, 0) is 12.8 Å². The molecule has 104 valence electrons. The molecule has 3 aromatic rings. The van der Waals surface area contributed by atoms with Crippen molar-refractivity contribution in [1.82, 2.24) is 15.1 Å². The molecule has 0 amide bonds. The summed E-state index contributed by atoms with van der Waals surface area (Å²) < 4.78 is 5.29. The molecule has 0 unspecified atom stereocenters. The molecule has 3 aromatic heterocycles. The maximum absolute atomic E-state index is 5.60. The molecule has 0 saturated heterocycles. The predicted molar refractivity (Wildman–Crippen MR) is 80.9 cm³/mol. The standard InChI is InChI=1S/C13H14N4OS2/c1-8-5-19-7-10(8)12-16-11(18-17-12)4-2-3-9-6-20-13(14)15-9/h5-7H,2-4H2,1H3,(H2,14,15). The van der Waals surface area contributed by atoms with Gasteiger partial charge in [0.1, 0.15) is 0 Å². The Morgan fingerprint density at radius 2 is 2.10 bits per heavy atom. The minimum Gasteiger partial charge on any atom is -0.375 e. The van der Waals surface area contributed by atoms with Gasteiger partial charge in [0, 0.05) is 22.7 Å². The summed E-state index contributed by atoms with van der Waals surface area (Å²) in [5.74, 6) is 1.35. The van der Waals surface area contributed by atoms with Crippen LogP contribution in [0.3, 0.4) is 0 Å². The molecule has 0 aliphatic rings. The lowest BCUT2D eigenvalue weighted by Gasteiger charge is -1.93. The van der Waals surface area contributed by atoms with E-state index in [4.69, 9.17) is 10.3 Å². The summed E-state index contributed by atoms with van der Waals surface area (Å²) in [6.07, 6.45) is 2.56. The molecular weight excluding hydrogens is 292 g/mol. The fourth-order valence-corrected chi connectivity index (χ4v) is 3.34. The first-order chi connectivity index (χ1) is 9.72. The lowest BCUT2D eigenvalue weighted by Crippen LogP contribution is -1.92. The summed E-state index contributed by atoms with van der Waals surface area (Å²) in [7, 11) is 0. The highest BCUT2D eigenvalue weighted by atomic mass is 32.1. The number of thiazole rings is 1. The van der Waals surface area contributed by atoms with E-state index in [2.05, 4.69) is 27.4 Å². The first kappa shape index (κ1) is 13.3. The molecule has 2 N–H and O–H groups in total. The molecule has 0 aliphatic carbocycles. The van der Waals surface area contributed by atoms with Gasteiger partial charge in [-0.05, 0) is 30.7 Å². The third kappa shape index (κ3) is 2.88. The molecule has 0 radical (unpaired) electrons. The number of nitrogens with two attached hydrogens (primary N) is 1. The number of thiophene rings is 1. The monoisotopic (exact) mass is 306 g/mol. The fourth-order valence-electron chi connectivity index (χ4n) is 1.91. The number of hydrogen-bond donors (Lipinski definition) is 1. The third-order valence-electron chi connectivity index (χ3n) is 2.96. The van der Waals surface area contributed by atoms with Gasteiger partial charge in [-0.2, -0.15) is 16.3 Å². The molecule has 0 atom stereocenters. The van der Waals surface area contributed by atoms with Gasteiger partial charge in [0.25, 0.3) is 0 Å². The smallest absolute Gasteiger partial charge is 0.226 e. The van der Waals surface area contributed by atoms with Crippen molar-refractivity contribution in [2.75, 3.05) is 5.73 Å². The second-order valence-electron chi connectivity index (χ2n) is 4.51. The van der Waals surface area contributed by atoms with Crippen LogP contribution in [0.4, 0.5) is 5.13 Å². The molecule has 3 heterocycles. The molecule has 0 aromatic carbocycles. The number of anilines is 1. The zero-order chi connectivity index (χ0) is 13.9. The zero-order valence-corrected chi connectivity index (χ0v) is 12.6. The van der Waals surface area contributed by atoms with Crippen LogP contribution < -0.4 is 5.73 Å². The zero-order valence-electron chi connectivity index (χ0n) is 11.0. The molecule has 0 spiro atoms. The maximum atomic E-state index is 5.60. The Balaban J connectivity index is 1.59. The maximum Gasteiger partial charge on any atom is 0.226 e. The van der Waals surface area contributed by atoms with E-state index in [-0.39, 0.29) is 0 Å². The van der Waals surface area contributed by atoms with Crippen molar-refractivity contribution < 1.29 is 4.52 Å². The SMILES string of the molecule is Cc1cscc1-c1noc(CCCc2csc(N)n2)n1. The minimum absolute atomic E-state index is 0.619. The number of aryl methyl sites for hydroxylation is 3. The summed E-state index contributed by atoms with van der Waals surface area (Å²) in [6.45, 7) is 2.05. The average Bonchev–Trinajstić information content (AvgIpc) is 3.11. The molecule has 0 bridgehead atoms. The molecular formula is C13H14N4OS2. The molecule has 20 heavy (non-hydrogen) atoms. The molecule has 0 saturated carbocycles. The van der Waals surface area contributed by atoms with E-state index in [1.807, 2.05) is 10.8 Å². The lowest BCUT2D eigenvalue weighted by atomic mass is 10.2. The van der Waals surface area contributed by atoms with E-state index in [1.165, 1.54) is 16.9 Å². The third-order valence-corrected chi connectivity index (χ3v) is 4.54. The van der Waals surface area contributed by atoms with Crippen molar-refractivity contribution in [1.29, 1.82) is 0 Å². The van der Waals surface area contributed by atoms with Gasteiger partial charge in [0.15, 0.2) is 5.13 Å². The van der Waals surface area contributed by atoms with Crippen LogP contribution in [0.25, 0.3) is 11.4 Å². The summed E-state index contributed by atoms with van der Waals surface area (Å²) in [4.78, 5) is 8.67. The van der Waals surface area contributed by atoms with Gasteiger partial charge in [-0.1, -0.05) is 5.16 Å². The van der Waals surface area contributed by atoms with Crippen molar-refractivity contribution in [2.24, 2.45) is 0 Å². The lowest BCUT2D eigenvalue weighted by molar-refractivity contribution is 0.376. The highest BCUT2D eigenvalue weighted by molar-refractivity contribution is 7.13. The van der Waals surface area contributed by atoms with Gasteiger partial charge in [-0.15, -0.1) is 11.3 Å². The predicted octanol–water partition coefficient (Wildman–Crippen LogP) is 3.32. The first-order valence-electron chi connectivity index (χ1n) is 6.28. The summed E-state index contributed by atoms with van der Waals surface area (Å²) in [6, 6.07) is 0. The highest BCUT2D eigenvalue weighted by Crippen LogP contribution is 2.24. The minimum atomic E-state index is 0.619. The number of nitrogen functional groups attached to an aromatic ring is 1. The Kier molecular flexibility index (Phi) is 3.79. The Morgan fingerprint density at radius 3 is 2.80 bits per heavy atom. The molecule has 7 heteroatoms. The van der Waals surface area contributed by atoms with E-state index in [0.29, 0.717) is 16.8 Å².